The van der Waals surface area contributed by atoms with E-state index in [9.17, 15) is 24.8 Å². The van der Waals surface area contributed by atoms with Gasteiger partial charge in [-0.3, -0.25) is 14.9 Å². The molecule has 0 saturated heterocycles. The van der Waals surface area contributed by atoms with E-state index in [1.165, 1.54) is 23.1 Å². The minimum atomic E-state index is -1.16. The topological polar surface area (TPSA) is 143 Å². The third-order valence-electron chi connectivity index (χ3n) is 4.98. The molecule has 0 bridgehead atoms. The number of carbonyl (C=O) groups excluding carboxylic acids is 1. The molecule has 1 amide bonds. The van der Waals surface area contributed by atoms with Crippen molar-refractivity contribution in [2.45, 2.75) is 44.9 Å². The molecule has 11 heteroatoms. The normalized spacial score (nSPS) is 18.5. The average molecular weight is 386 g/mol. The molecule has 28 heavy (non-hydrogen) atoms. The van der Waals surface area contributed by atoms with Gasteiger partial charge < -0.3 is 19.9 Å². The van der Waals surface area contributed by atoms with Gasteiger partial charge in [-0.15, -0.1) is 10.2 Å². The maximum absolute atomic E-state index is 13.0. The number of aromatic nitrogens is 3. The molecule has 1 fully saturated rings. The lowest BCUT2D eigenvalue weighted by Gasteiger charge is -2.33. The second-order valence-corrected chi connectivity index (χ2v) is 6.97. The van der Waals surface area contributed by atoms with Crippen molar-refractivity contribution in [1.29, 1.82) is 0 Å². The number of carbonyl (C=O) groups is 2. The first kappa shape index (κ1) is 17.9. The number of hydrogen-bond acceptors (Lipinski definition) is 7. The summed E-state index contributed by atoms with van der Waals surface area (Å²) in [4.78, 5) is 36.8. The smallest absolute Gasteiger partial charge is 0.328 e. The largest absolute Gasteiger partial charge is 0.480 e. The van der Waals surface area contributed by atoms with Gasteiger partial charge in [-0.25, -0.2) is 4.79 Å². The molecule has 2 heterocycles. The molecule has 11 nitrogen and oxygen atoms in total. The first-order chi connectivity index (χ1) is 13.3. The minimum absolute atomic E-state index is 0.0264. The summed E-state index contributed by atoms with van der Waals surface area (Å²) in [5.74, 6) is -0.710. The third-order valence-corrected chi connectivity index (χ3v) is 4.98. The van der Waals surface area contributed by atoms with Crippen LogP contribution in [0, 0.1) is 17.0 Å². The summed E-state index contributed by atoms with van der Waals surface area (Å²) in [6.45, 7) is 1.70. The molecule has 1 saturated carbocycles. The summed E-state index contributed by atoms with van der Waals surface area (Å²) in [6, 6.07) is 3.27. The number of nitrogens with zero attached hydrogens (tertiary/aromatic N) is 5. The maximum Gasteiger partial charge on any atom is 0.328 e. The van der Waals surface area contributed by atoms with Gasteiger partial charge in [-0.05, 0) is 31.9 Å². The van der Waals surface area contributed by atoms with Crippen LogP contribution in [0.15, 0.2) is 18.2 Å². The van der Waals surface area contributed by atoms with Crippen molar-refractivity contribution in [3.05, 3.63) is 45.5 Å². The maximum atomic E-state index is 13.0. The standard InChI is InChI=1S/C17H18N6O5/c1-9-19-20-15-8-22(14(17(25)26)7-21(9)15)16(24)10-2-5-12(18-11-3-4-11)13(6-10)23(27)28/h2,5-6,11,14,18H,3-4,7-8H2,1H3,(H,25,26). The molecule has 146 valence electrons. The van der Waals surface area contributed by atoms with Gasteiger partial charge in [0.05, 0.1) is 18.0 Å². The van der Waals surface area contributed by atoms with Gasteiger partial charge in [0.2, 0.25) is 0 Å². The number of anilines is 1. The lowest BCUT2D eigenvalue weighted by molar-refractivity contribution is -0.384. The van der Waals surface area contributed by atoms with Crippen LogP contribution in [0.2, 0.25) is 0 Å². The van der Waals surface area contributed by atoms with Crippen molar-refractivity contribution in [3.8, 4) is 0 Å². The summed E-state index contributed by atoms with van der Waals surface area (Å²) >= 11 is 0. The highest BCUT2D eigenvalue weighted by Gasteiger charge is 2.37. The highest BCUT2D eigenvalue weighted by molar-refractivity contribution is 5.98. The van der Waals surface area contributed by atoms with Crippen molar-refractivity contribution >= 4 is 23.3 Å². The van der Waals surface area contributed by atoms with E-state index in [-0.39, 0.29) is 30.4 Å². The monoisotopic (exact) mass is 386 g/mol. The van der Waals surface area contributed by atoms with E-state index in [0.29, 0.717) is 17.3 Å². The second-order valence-electron chi connectivity index (χ2n) is 6.97. The Morgan fingerprint density at radius 3 is 2.71 bits per heavy atom. The Morgan fingerprint density at radius 2 is 2.07 bits per heavy atom. The number of hydrogen-bond donors (Lipinski definition) is 2. The van der Waals surface area contributed by atoms with E-state index in [1.54, 1.807) is 11.5 Å². The zero-order valence-electron chi connectivity index (χ0n) is 15.0. The van der Waals surface area contributed by atoms with Crippen molar-refractivity contribution in [1.82, 2.24) is 19.7 Å². The highest BCUT2D eigenvalue weighted by Crippen LogP contribution is 2.32. The van der Waals surface area contributed by atoms with Crippen LogP contribution in [0.3, 0.4) is 0 Å². The molecule has 0 spiro atoms. The van der Waals surface area contributed by atoms with Gasteiger partial charge in [-0.1, -0.05) is 0 Å². The van der Waals surface area contributed by atoms with Crippen LogP contribution in [-0.2, 0) is 17.9 Å². The number of aryl methyl sites for hydroxylation is 1. The number of fused-ring (bicyclic) bond motifs is 1. The van der Waals surface area contributed by atoms with Crippen LogP contribution in [-0.4, -0.2) is 53.7 Å². The van der Waals surface area contributed by atoms with E-state index in [4.69, 9.17) is 0 Å². The summed E-state index contributed by atoms with van der Waals surface area (Å²) in [6.07, 6.45) is 1.90. The molecule has 4 rings (SSSR count). The van der Waals surface area contributed by atoms with Crippen LogP contribution < -0.4 is 5.32 Å². The van der Waals surface area contributed by atoms with Crippen LogP contribution in [0.4, 0.5) is 11.4 Å². The number of carboxylic acids is 1. The van der Waals surface area contributed by atoms with Crippen LogP contribution in [0.5, 0.6) is 0 Å². The average Bonchev–Trinajstić information content (AvgIpc) is 3.41. The summed E-state index contributed by atoms with van der Waals surface area (Å²) in [5.41, 5.74) is 0.206. The molecule has 2 aliphatic rings. The highest BCUT2D eigenvalue weighted by atomic mass is 16.6. The van der Waals surface area contributed by atoms with Crippen molar-refractivity contribution < 1.29 is 19.6 Å². The quantitative estimate of drug-likeness (QED) is 0.576. The summed E-state index contributed by atoms with van der Waals surface area (Å²) in [5, 5.41) is 32.0. The Labute approximate surface area is 159 Å². The van der Waals surface area contributed by atoms with Gasteiger partial charge in [0.15, 0.2) is 5.82 Å². The fourth-order valence-electron chi connectivity index (χ4n) is 3.29. The molecule has 1 aromatic carbocycles. The molecule has 1 aromatic heterocycles. The molecular formula is C17H18N6O5. The Morgan fingerprint density at radius 1 is 1.32 bits per heavy atom. The molecule has 1 aliphatic heterocycles. The Balaban J connectivity index is 1.66. The van der Waals surface area contributed by atoms with Crippen LogP contribution in [0.25, 0.3) is 0 Å². The van der Waals surface area contributed by atoms with Gasteiger partial charge in [0.25, 0.3) is 11.6 Å². The van der Waals surface area contributed by atoms with Crippen molar-refractivity contribution in [2.24, 2.45) is 0 Å². The molecule has 2 N–H and O–H groups in total. The van der Waals surface area contributed by atoms with Gasteiger partial charge in [-0.2, -0.15) is 0 Å². The fraction of sp³-hybridized carbons (Fsp3) is 0.412. The first-order valence-electron chi connectivity index (χ1n) is 8.82. The van der Waals surface area contributed by atoms with Crippen molar-refractivity contribution in [3.63, 3.8) is 0 Å². The van der Waals surface area contributed by atoms with Gasteiger partial charge in [0.1, 0.15) is 17.6 Å². The van der Waals surface area contributed by atoms with E-state index < -0.39 is 22.8 Å². The second kappa shape index (κ2) is 6.59. The van der Waals surface area contributed by atoms with E-state index in [0.717, 1.165) is 12.8 Å². The Bertz CT molecular complexity index is 982. The number of carboxylic acid groups (broad SMARTS) is 1. The zero-order chi connectivity index (χ0) is 20.0. The Kier molecular flexibility index (Phi) is 4.21. The van der Waals surface area contributed by atoms with Gasteiger partial charge in [0, 0.05) is 17.7 Å². The third kappa shape index (κ3) is 3.15. The van der Waals surface area contributed by atoms with Crippen molar-refractivity contribution in [2.75, 3.05) is 5.32 Å². The molecule has 1 atom stereocenters. The molecule has 1 unspecified atom stereocenters. The SMILES string of the molecule is Cc1nnc2n1CC(C(=O)O)N(C(=O)c1ccc(NC3CC3)c([N+](=O)[O-])c1)C2. The summed E-state index contributed by atoms with van der Waals surface area (Å²) in [7, 11) is 0. The summed E-state index contributed by atoms with van der Waals surface area (Å²) < 4.78 is 1.66. The van der Waals surface area contributed by atoms with E-state index in [2.05, 4.69) is 15.5 Å². The fourth-order valence-corrected chi connectivity index (χ4v) is 3.29. The van der Waals surface area contributed by atoms with E-state index >= 15 is 0 Å². The molecular weight excluding hydrogens is 368 g/mol. The zero-order valence-corrected chi connectivity index (χ0v) is 15.0. The predicted molar refractivity (Wildman–Crippen MR) is 95.8 cm³/mol. The molecule has 1 aliphatic carbocycles. The Hall–Kier alpha value is -3.50. The lowest BCUT2D eigenvalue weighted by atomic mass is 10.1. The number of benzene rings is 1. The molecule has 0 radical (unpaired) electrons. The van der Waals surface area contributed by atoms with Crippen LogP contribution in [0.1, 0.15) is 34.8 Å². The minimum Gasteiger partial charge on any atom is -0.480 e. The number of rotatable bonds is 5. The van der Waals surface area contributed by atoms with E-state index in [1.807, 2.05) is 0 Å². The van der Waals surface area contributed by atoms with Crippen LogP contribution >= 0.6 is 0 Å². The number of nitrogens with one attached hydrogen (secondary N) is 1. The lowest BCUT2D eigenvalue weighted by Crippen LogP contribution is -2.50. The number of nitro groups is 1. The van der Waals surface area contributed by atoms with Gasteiger partial charge >= 0.3 is 5.97 Å². The number of amides is 1. The first-order valence-corrected chi connectivity index (χ1v) is 8.82. The predicted octanol–water partition coefficient (Wildman–Crippen LogP) is 1.18. The number of nitro benzene ring substituents is 1. The molecule has 2 aromatic rings. The number of aliphatic carboxylic acids is 1.